The van der Waals surface area contributed by atoms with Gasteiger partial charge >= 0.3 is 0 Å². The second-order valence-corrected chi connectivity index (χ2v) is 3.54. The van der Waals surface area contributed by atoms with Gasteiger partial charge in [-0.2, -0.15) is 0 Å². The quantitative estimate of drug-likeness (QED) is 0.772. The molecular weight excluding hydrogens is 212 g/mol. The first-order valence-corrected chi connectivity index (χ1v) is 5.31. The fourth-order valence-electron chi connectivity index (χ4n) is 1.25. The zero-order chi connectivity index (χ0) is 12.5. The number of anilines is 1. The van der Waals surface area contributed by atoms with E-state index in [1.54, 1.807) is 0 Å². The summed E-state index contributed by atoms with van der Waals surface area (Å²) in [7, 11) is 0. The highest BCUT2D eigenvalue weighted by Crippen LogP contribution is 1.97. The molecule has 0 aromatic heterocycles. The number of hydrogen-bond donors (Lipinski definition) is 2. The van der Waals surface area contributed by atoms with Crippen LogP contribution >= 0.6 is 0 Å². The van der Waals surface area contributed by atoms with Gasteiger partial charge in [0, 0.05) is 5.69 Å². The lowest BCUT2D eigenvalue weighted by Crippen LogP contribution is -2.13. The number of nitrogens with two attached hydrogens (primary N) is 2. The molecule has 0 aliphatic carbocycles. The molecule has 0 spiro atoms. The maximum absolute atomic E-state index is 10.4. The number of amides is 1. The van der Waals surface area contributed by atoms with Crippen LogP contribution in [0.5, 0.6) is 0 Å². The summed E-state index contributed by atoms with van der Waals surface area (Å²) in [5, 5.41) is 0. The highest BCUT2D eigenvalue weighted by atomic mass is 16.1. The lowest BCUT2D eigenvalue weighted by Gasteiger charge is -1.93. The molecular formula is C14H16N2O. The van der Waals surface area contributed by atoms with Gasteiger partial charge in [0.15, 0.2) is 0 Å². The summed E-state index contributed by atoms with van der Waals surface area (Å²) in [6.45, 7) is 0. The molecule has 2 rings (SSSR count). The van der Waals surface area contributed by atoms with E-state index in [9.17, 15) is 4.79 Å². The zero-order valence-corrected chi connectivity index (χ0v) is 9.54. The molecule has 0 saturated heterocycles. The molecule has 0 heterocycles. The van der Waals surface area contributed by atoms with E-state index in [0.717, 1.165) is 11.3 Å². The second kappa shape index (κ2) is 7.06. The van der Waals surface area contributed by atoms with Crippen molar-refractivity contribution in [2.24, 2.45) is 5.73 Å². The molecule has 17 heavy (non-hydrogen) atoms. The molecule has 88 valence electrons. The van der Waals surface area contributed by atoms with Gasteiger partial charge in [-0.15, -0.1) is 0 Å². The number of nitrogen functional groups attached to an aromatic ring is 1. The standard InChI is InChI=1S/C8H9NO.C6H7N/c9-8(10)6-7-4-2-1-3-5-7;7-6-4-2-1-3-5-6/h1-5H,6H2,(H2,9,10);1-5H,7H2. The number of primary amides is 1. The first-order chi connectivity index (χ1) is 8.18. The van der Waals surface area contributed by atoms with Crippen LogP contribution in [0.25, 0.3) is 0 Å². The minimum Gasteiger partial charge on any atom is -0.399 e. The van der Waals surface area contributed by atoms with Crippen LogP contribution < -0.4 is 11.5 Å². The first-order valence-electron chi connectivity index (χ1n) is 5.31. The fraction of sp³-hybridized carbons (Fsp3) is 0.0714. The molecule has 0 unspecified atom stereocenters. The van der Waals surface area contributed by atoms with Crippen LogP contribution in [0, 0.1) is 0 Å². The summed E-state index contributed by atoms with van der Waals surface area (Å²) in [4.78, 5) is 10.4. The van der Waals surface area contributed by atoms with Crippen LogP contribution in [0.3, 0.4) is 0 Å². The third-order valence-corrected chi connectivity index (χ3v) is 2.02. The Labute approximate surface area is 101 Å². The highest BCUT2D eigenvalue weighted by Gasteiger charge is 1.94. The Morgan fingerprint density at radius 3 is 1.71 bits per heavy atom. The number of carbonyl (C=O) groups excluding carboxylic acids is 1. The van der Waals surface area contributed by atoms with E-state index in [1.807, 2.05) is 60.7 Å². The number of rotatable bonds is 2. The topological polar surface area (TPSA) is 69.1 Å². The van der Waals surface area contributed by atoms with Gasteiger partial charge in [0.1, 0.15) is 0 Å². The Morgan fingerprint density at radius 1 is 0.882 bits per heavy atom. The lowest BCUT2D eigenvalue weighted by molar-refractivity contribution is -0.117. The molecule has 0 fully saturated rings. The van der Waals surface area contributed by atoms with Crippen molar-refractivity contribution in [1.82, 2.24) is 0 Å². The molecule has 0 aliphatic rings. The monoisotopic (exact) mass is 228 g/mol. The fourth-order valence-corrected chi connectivity index (χ4v) is 1.25. The van der Waals surface area contributed by atoms with Crippen molar-refractivity contribution in [3.8, 4) is 0 Å². The number of para-hydroxylation sites is 1. The lowest BCUT2D eigenvalue weighted by atomic mass is 10.1. The van der Waals surface area contributed by atoms with Gasteiger partial charge in [0.2, 0.25) is 5.91 Å². The molecule has 0 radical (unpaired) electrons. The zero-order valence-electron chi connectivity index (χ0n) is 9.54. The largest absolute Gasteiger partial charge is 0.399 e. The Balaban J connectivity index is 0.000000181. The summed E-state index contributed by atoms with van der Waals surface area (Å²) < 4.78 is 0. The van der Waals surface area contributed by atoms with E-state index < -0.39 is 0 Å². The predicted octanol–water partition coefficient (Wildman–Crippen LogP) is 1.98. The van der Waals surface area contributed by atoms with Crippen molar-refractivity contribution in [3.05, 3.63) is 66.2 Å². The summed E-state index contributed by atoms with van der Waals surface area (Å²) in [6.07, 6.45) is 0.334. The molecule has 0 saturated carbocycles. The van der Waals surface area contributed by atoms with Gasteiger partial charge in [0.05, 0.1) is 6.42 Å². The highest BCUT2D eigenvalue weighted by molar-refractivity contribution is 5.76. The van der Waals surface area contributed by atoms with Crippen LogP contribution in [-0.2, 0) is 11.2 Å². The number of hydrogen-bond acceptors (Lipinski definition) is 2. The minimum absolute atomic E-state index is 0.286. The second-order valence-electron chi connectivity index (χ2n) is 3.54. The Bertz CT molecular complexity index is 440. The molecule has 3 heteroatoms. The average molecular weight is 228 g/mol. The van der Waals surface area contributed by atoms with Gasteiger partial charge in [-0.1, -0.05) is 48.5 Å². The van der Waals surface area contributed by atoms with Crippen LogP contribution in [0.2, 0.25) is 0 Å². The van der Waals surface area contributed by atoms with Crippen LogP contribution in [0.4, 0.5) is 5.69 Å². The summed E-state index contributed by atoms with van der Waals surface area (Å²) in [5.74, 6) is -0.286. The van der Waals surface area contributed by atoms with Crippen LogP contribution in [-0.4, -0.2) is 5.91 Å². The van der Waals surface area contributed by atoms with E-state index in [-0.39, 0.29) is 5.91 Å². The van der Waals surface area contributed by atoms with Gasteiger partial charge in [-0.25, -0.2) is 0 Å². The van der Waals surface area contributed by atoms with Gasteiger partial charge in [-0.3, -0.25) is 4.79 Å². The molecule has 0 aliphatic heterocycles. The van der Waals surface area contributed by atoms with Crippen molar-refractivity contribution in [1.29, 1.82) is 0 Å². The molecule has 2 aromatic rings. The minimum atomic E-state index is -0.286. The van der Waals surface area contributed by atoms with Crippen molar-refractivity contribution in [3.63, 3.8) is 0 Å². The maximum atomic E-state index is 10.4. The van der Waals surface area contributed by atoms with Crippen molar-refractivity contribution in [2.75, 3.05) is 5.73 Å². The van der Waals surface area contributed by atoms with Gasteiger partial charge < -0.3 is 11.5 Å². The molecule has 0 atom stereocenters. The molecule has 1 amide bonds. The van der Waals surface area contributed by atoms with Crippen molar-refractivity contribution >= 4 is 11.6 Å². The molecule has 0 bridgehead atoms. The SMILES string of the molecule is NC(=O)Cc1ccccc1.Nc1ccccc1. The Morgan fingerprint density at radius 2 is 1.35 bits per heavy atom. The van der Waals surface area contributed by atoms with E-state index in [4.69, 9.17) is 11.5 Å². The summed E-state index contributed by atoms with van der Waals surface area (Å²) >= 11 is 0. The Kier molecular flexibility index (Phi) is 5.31. The van der Waals surface area contributed by atoms with Crippen molar-refractivity contribution < 1.29 is 4.79 Å². The molecule has 3 nitrogen and oxygen atoms in total. The third-order valence-electron chi connectivity index (χ3n) is 2.02. The van der Waals surface area contributed by atoms with E-state index in [1.165, 1.54) is 0 Å². The first kappa shape index (κ1) is 12.8. The summed E-state index contributed by atoms with van der Waals surface area (Å²) in [5.41, 5.74) is 12.1. The van der Waals surface area contributed by atoms with E-state index >= 15 is 0 Å². The van der Waals surface area contributed by atoms with Crippen LogP contribution in [0.1, 0.15) is 5.56 Å². The van der Waals surface area contributed by atoms with Crippen LogP contribution in [0.15, 0.2) is 60.7 Å². The van der Waals surface area contributed by atoms with E-state index in [2.05, 4.69) is 0 Å². The molecule has 2 aromatic carbocycles. The van der Waals surface area contributed by atoms with Crippen molar-refractivity contribution in [2.45, 2.75) is 6.42 Å². The third kappa shape index (κ3) is 5.99. The van der Waals surface area contributed by atoms with E-state index in [0.29, 0.717) is 6.42 Å². The number of benzene rings is 2. The smallest absolute Gasteiger partial charge is 0.221 e. The Hall–Kier alpha value is -2.29. The molecule has 4 N–H and O–H groups in total. The maximum Gasteiger partial charge on any atom is 0.221 e. The number of carbonyl (C=O) groups is 1. The average Bonchev–Trinajstić information content (AvgIpc) is 2.31. The normalized spacial score (nSPS) is 8.94. The van der Waals surface area contributed by atoms with Gasteiger partial charge in [-0.05, 0) is 17.7 Å². The summed E-state index contributed by atoms with van der Waals surface area (Å²) in [6, 6.07) is 18.9. The van der Waals surface area contributed by atoms with Gasteiger partial charge in [0.25, 0.3) is 0 Å². The predicted molar refractivity (Wildman–Crippen MR) is 70.2 cm³/mol.